The molecule has 1 rings (SSSR count). The second-order valence-electron chi connectivity index (χ2n) is 3.75. The lowest BCUT2D eigenvalue weighted by molar-refractivity contribution is 0.140. The molecule has 0 aromatic carbocycles. The van der Waals surface area contributed by atoms with Gasteiger partial charge in [-0.25, -0.2) is 4.79 Å². The van der Waals surface area contributed by atoms with Gasteiger partial charge in [0.15, 0.2) is 0 Å². The van der Waals surface area contributed by atoms with Crippen molar-refractivity contribution in [2.45, 2.75) is 25.8 Å². The molecule has 2 amide bonds. The molecule has 0 radical (unpaired) electrons. The van der Waals surface area contributed by atoms with E-state index in [2.05, 4.69) is 5.32 Å². The minimum absolute atomic E-state index is 0.303. The third kappa shape index (κ3) is 4.48. The average molecular weight is 215 g/mol. The summed E-state index contributed by atoms with van der Waals surface area (Å²) in [4.78, 5) is 12.6. The summed E-state index contributed by atoms with van der Waals surface area (Å²) in [5, 5.41) is 3.41. The topological polar surface area (TPSA) is 67.6 Å². The van der Waals surface area contributed by atoms with Crippen molar-refractivity contribution < 1.29 is 9.53 Å². The molecule has 0 bridgehead atoms. The Labute approximate surface area is 90.9 Å². The zero-order chi connectivity index (χ0) is 11.1. The molecule has 1 heterocycles. The highest BCUT2D eigenvalue weighted by Gasteiger charge is 2.20. The Morgan fingerprint density at radius 2 is 2.20 bits per heavy atom. The second-order valence-corrected chi connectivity index (χ2v) is 3.75. The van der Waals surface area contributed by atoms with Crippen LogP contribution in [0.2, 0.25) is 0 Å². The first-order valence-corrected chi connectivity index (χ1v) is 5.59. The first kappa shape index (κ1) is 12.3. The van der Waals surface area contributed by atoms with Gasteiger partial charge in [0.1, 0.15) is 0 Å². The largest absolute Gasteiger partial charge is 0.380 e. The number of nitrogens with zero attached hydrogens (tertiary/aromatic N) is 1. The molecule has 0 unspecified atom stereocenters. The van der Waals surface area contributed by atoms with Crippen LogP contribution in [0.3, 0.4) is 0 Å². The van der Waals surface area contributed by atoms with Crippen LogP contribution in [-0.2, 0) is 4.74 Å². The summed E-state index contributed by atoms with van der Waals surface area (Å²) >= 11 is 0. The van der Waals surface area contributed by atoms with Gasteiger partial charge in [-0.05, 0) is 19.8 Å². The van der Waals surface area contributed by atoms with Gasteiger partial charge in [-0.2, -0.15) is 0 Å². The van der Waals surface area contributed by atoms with E-state index in [1.54, 1.807) is 4.90 Å². The lowest BCUT2D eigenvalue weighted by Gasteiger charge is -2.31. The van der Waals surface area contributed by atoms with E-state index in [0.717, 1.165) is 45.7 Å². The summed E-state index contributed by atoms with van der Waals surface area (Å²) in [6.45, 7) is 5.93. The summed E-state index contributed by atoms with van der Waals surface area (Å²) in [7, 11) is 0. The standard InChI is InChI=1S/C10H21N3O2/c1-2-15-8-5-12-9-3-6-13(7-4-9)10(11)14/h9,12H,2-8H2,1H3,(H2,11,14). The molecule has 1 fully saturated rings. The Bertz CT molecular complexity index is 191. The molecule has 0 atom stereocenters. The van der Waals surface area contributed by atoms with Crippen molar-refractivity contribution in [1.29, 1.82) is 0 Å². The Kier molecular flexibility index (Phi) is 5.42. The fourth-order valence-electron chi connectivity index (χ4n) is 1.78. The number of carbonyl (C=O) groups excluding carboxylic acids is 1. The molecule has 15 heavy (non-hydrogen) atoms. The molecule has 0 aliphatic carbocycles. The number of nitrogens with one attached hydrogen (secondary N) is 1. The molecule has 1 aliphatic heterocycles. The number of piperidine rings is 1. The fraction of sp³-hybridized carbons (Fsp3) is 0.900. The first-order chi connectivity index (χ1) is 7.24. The third-order valence-corrected chi connectivity index (χ3v) is 2.69. The summed E-state index contributed by atoms with van der Waals surface area (Å²) in [6.07, 6.45) is 1.96. The van der Waals surface area contributed by atoms with Crippen LogP contribution in [0.4, 0.5) is 4.79 Å². The molecule has 5 nitrogen and oxygen atoms in total. The van der Waals surface area contributed by atoms with Crippen LogP contribution in [0.1, 0.15) is 19.8 Å². The summed E-state index contributed by atoms with van der Waals surface area (Å²) in [6, 6.07) is 0.198. The maximum atomic E-state index is 10.9. The first-order valence-electron chi connectivity index (χ1n) is 5.59. The lowest BCUT2D eigenvalue weighted by atomic mass is 10.1. The SMILES string of the molecule is CCOCCNC1CCN(C(N)=O)CC1. The highest BCUT2D eigenvalue weighted by molar-refractivity contribution is 5.72. The molecule has 0 aromatic rings. The predicted molar refractivity (Wildman–Crippen MR) is 58.7 cm³/mol. The van der Waals surface area contributed by atoms with Crippen molar-refractivity contribution in [2.24, 2.45) is 5.73 Å². The molecule has 0 spiro atoms. The molecule has 88 valence electrons. The molecule has 1 aliphatic rings. The highest BCUT2D eigenvalue weighted by Crippen LogP contribution is 2.09. The van der Waals surface area contributed by atoms with Crippen LogP contribution in [0.25, 0.3) is 0 Å². The van der Waals surface area contributed by atoms with Crippen LogP contribution >= 0.6 is 0 Å². The van der Waals surface area contributed by atoms with Crippen molar-refractivity contribution in [3.05, 3.63) is 0 Å². The number of hydrogen-bond acceptors (Lipinski definition) is 3. The number of ether oxygens (including phenoxy) is 1. The fourth-order valence-corrected chi connectivity index (χ4v) is 1.78. The predicted octanol–water partition coefficient (Wildman–Crippen LogP) is 0.156. The van der Waals surface area contributed by atoms with Crippen molar-refractivity contribution in [3.63, 3.8) is 0 Å². The number of carbonyl (C=O) groups is 1. The van der Waals surface area contributed by atoms with Gasteiger partial charge in [-0.1, -0.05) is 0 Å². The molecule has 1 saturated heterocycles. The van der Waals surface area contributed by atoms with Gasteiger partial charge in [0.2, 0.25) is 0 Å². The summed E-state index contributed by atoms with van der Waals surface area (Å²) in [5.74, 6) is 0. The number of amides is 2. The zero-order valence-electron chi connectivity index (χ0n) is 9.37. The van der Waals surface area contributed by atoms with Crippen LogP contribution in [0.5, 0.6) is 0 Å². The lowest BCUT2D eigenvalue weighted by Crippen LogP contribution is -2.47. The minimum Gasteiger partial charge on any atom is -0.380 e. The van der Waals surface area contributed by atoms with Gasteiger partial charge in [0.25, 0.3) is 0 Å². The van der Waals surface area contributed by atoms with E-state index in [9.17, 15) is 4.79 Å². The van der Waals surface area contributed by atoms with Gasteiger partial charge in [-0.15, -0.1) is 0 Å². The molecule has 3 N–H and O–H groups in total. The third-order valence-electron chi connectivity index (χ3n) is 2.69. The number of likely N-dealkylation sites (tertiary alicyclic amines) is 1. The van der Waals surface area contributed by atoms with Crippen molar-refractivity contribution in [2.75, 3.05) is 32.8 Å². The average Bonchev–Trinajstić information content (AvgIpc) is 2.25. The Hall–Kier alpha value is -0.810. The molecule has 5 heteroatoms. The molecular weight excluding hydrogens is 194 g/mol. The number of urea groups is 1. The summed E-state index contributed by atoms with van der Waals surface area (Å²) in [5.41, 5.74) is 5.20. The van der Waals surface area contributed by atoms with Crippen molar-refractivity contribution in [1.82, 2.24) is 10.2 Å². The van der Waals surface area contributed by atoms with Crippen LogP contribution < -0.4 is 11.1 Å². The van der Waals surface area contributed by atoms with Crippen molar-refractivity contribution in [3.8, 4) is 0 Å². The number of rotatable bonds is 5. The molecule has 0 aromatic heterocycles. The van der Waals surface area contributed by atoms with E-state index in [4.69, 9.17) is 10.5 Å². The Balaban J connectivity index is 2.07. The zero-order valence-corrected chi connectivity index (χ0v) is 9.37. The number of primary amides is 1. The minimum atomic E-state index is -0.303. The van der Waals surface area contributed by atoms with E-state index < -0.39 is 0 Å². The Morgan fingerprint density at radius 1 is 1.53 bits per heavy atom. The summed E-state index contributed by atoms with van der Waals surface area (Å²) < 4.78 is 5.24. The van der Waals surface area contributed by atoms with Crippen molar-refractivity contribution >= 4 is 6.03 Å². The molecular formula is C10H21N3O2. The maximum absolute atomic E-state index is 10.9. The monoisotopic (exact) mass is 215 g/mol. The van der Waals surface area contributed by atoms with E-state index in [1.807, 2.05) is 6.92 Å². The highest BCUT2D eigenvalue weighted by atomic mass is 16.5. The van der Waals surface area contributed by atoms with Gasteiger partial charge >= 0.3 is 6.03 Å². The van der Waals surface area contributed by atoms with Crippen LogP contribution in [0, 0.1) is 0 Å². The van der Waals surface area contributed by atoms with Gasteiger partial charge < -0.3 is 20.7 Å². The van der Waals surface area contributed by atoms with E-state index in [1.165, 1.54) is 0 Å². The van der Waals surface area contributed by atoms with Gasteiger partial charge in [0.05, 0.1) is 6.61 Å². The quantitative estimate of drug-likeness (QED) is 0.642. The number of nitrogens with two attached hydrogens (primary N) is 1. The second kappa shape index (κ2) is 6.63. The smallest absolute Gasteiger partial charge is 0.314 e. The van der Waals surface area contributed by atoms with Gasteiger partial charge in [-0.3, -0.25) is 0 Å². The normalized spacial score (nSPS) is 18.1. The molecule has 0 saturated carbocycles. The Morgan fingerprint density at radius 3 is 2.73 bits per heavy atom. The van der Waals surface area contributed by atoms with E-state index >= 15 is 0 Å². The van der Waals surface area contributed by atoms with Gasteiger partial charge in [0, 0.05) is 32.3 Å². The maximum Gasteiger partial charge on any atom is 0.314 e. The number of hydrogen-bond donors (Lipinski definition) is 2. The van der Waals surface area contributed by atoms with E-state index in [0.29, 0.717) is 6.04 Å². The van der Waals surface area contributed by atoms with Crippen LogP contribution in [-0.4, -0.2) is 49.8 Å². The van der Waals surface area contributed by atoms with E-state index in [-0.39, 0.29) is 6.03 Å². The van der Waals surface area contributed by atoms with Crippen LogP contribution in [0.15, 0.2) is 0 Å².